The van der Waals surface area contributed by atoms with Crippen LogP contribution in [0.25, 0.3) is 16.5 Å². The first-order valence-electron chi connectivity index (χ1n) is 7.00. The molecule has 0 fully saturated rings. The number of nitrogens with zero attached hydrogens (tertiary/aromatic N) is 2. The van der Waals surface area contributed by atoms with Gasteiger partial charge in [0, 0.05) is 15.8 Å². The second kappa shape index (κ2) is 7.02. The molecule has 0 amide bonds. The molecular weight excluding hydrogens is 312 g/mol. The number of hydrogen-bond acceptors (Lipinski definition) is 6. The third-order valence-corrected chi connectivity index (χ3v) is 4.08. The number of rotatable bonds is 5. The van der Waals surface area contributed by atoms with Gasteiger partial charge >= 0.3 is 5.97 Å². The molecule has 116 valence electrons. The van der Waals surface area contributed by atoms with E-state index in [0.29, 0.717) is 5.82 Å². The Morgan fingerprint density at radius 1 is 1.26 bits per heavy atom. The molecule has 3 aromatic rings. The quantitative estimate of drug-likeness (QED) is 0.526. The van der Waals surface area contributed by atoms with Gasteiger partial charge in [0.2, 0.25) is 0 Å². The Hall–Kier alpha value is -2.73. The highest BCUT2D eigenvalue weighted by Gasteiger charge is 2.06. The number of aryl methyl sites for hydroxylation is 1. The van der Waals surface area contributed by atoms with E-state index < -0.39 is 5.97 Å². The molecular formula is C17H14N2O3S. The largest absolute Gasteiger partial charge is 0.452 e. The zero-order valence-electron chi connectivity index (χ0n) is 12.4. The van der Waals surface area contributed by atoms with Crippen molar-refractivity contribution < 1.29 is 14.1 Å². The molecule has 5 nitrogen and oxygen atoms in total. The summed E-state index contributed by atoms with van der Waals surface area (Å²) in [6, 6.07) is 14.1. The van der Waals surface area contributed by atoms with E-state index in [2.05, 4.69) is 22.3 Å². The highest BCUT2D eigenvalue weighted by Crippen LogP contribution is 2.28. The van der Waals surface area contributed by atoms with Crippen LogP contribution in [-0.4, -0.2) is 16.1 Å². The summed E-state index contributed by atoms with van der Waals surface area (Å²) >= 11 is 1.61. The van der Waals surface area contributed by atoms with Crippen LogP contribution in [0.4, 0.5) is 0 Å². The Labute approximate surface area is 137 Å². The van der Waals surface area contributed by atoms with E-state index >= 15 is 0 Å². The van der Waals surface area contributed by atoms with Crippen molar-refractivity contribution in [2.75, 3.05) is 0 Å². The third kappa shape index (κ3) is 4.14. The normalized spacial score (nSPS) is 11.0. The Kier molecular flexibility index (Phi) is 4.63. The Balaban J connectivity index is 1.57. The van der Waals surface area contributed by atoms with Crippen LogP contribution >= 0.6 is 11.3 Å². The summed E-state index contributed by atoms with van der Waals surface area (Å²) < 4.78 is 9.91. The van der Waals surface area contributed by atoms with Crippen LogP contribution in [0.1, 0.15) is 16.6 Å². The van der Waals surface area contributed by atoms with Crippen molar-refractivity contribution in [2.24, 2.45) is 0 Å². The molecule has 0 radical (unpaired) electrons. The van der Waals surface area contributed by atoms with E-state index in [-0.39, 0.29) is 12.5 Å². The molecule has 0 spiro atoms. The molecule has 0 saturated heterocycles. The molecule has 2 heterocycles. The Morgan fingerprint density at radius 2 is 2.09 bits per heavy atom. The van der Waals surface area contributed by atoms with E-state index in [1.807, 2.05) is 30.3 Å². The van der Waals surface area contributed by atoms with Gasteiger partial charge in [0.25, 0.3) is 5.89 Å². The maximum absolute atomic E-state index is 11.7. The van der Waals surface area contributed by atoms with Gasteiger partial charge in [0.15, 0.2) is 12.4 Å². The van der Waals surface area contributed by atoms with Crippen molar-refractivity contribution in [2.45, 2.75) is 13.5 Å². The van der Waals surface area contributed by atoms with Crippen molar-refractivity contribution in [3.05, 3.63) is 65.1 Å². The number of thiophene rings is 1. The van der Waals surface area contributed by atoms with Crippen LogP contribution in [-0.2, 0) is 16.1 Å². The average molecular weight is 326 g/mol. The number of hydrogen-bond donors (Lipinski definition) is 0. The molecule has 0 aliphatic carbocycles. The standard InChI is InChI=1S/C17H14N2O3S/c1-12-18-16(22-19-12)11-21-17(20)10-8-14-7-9-15(23-14)13-5-3-2-4-6-13/h2-10H,11H2,1H3/b10-8+. The van der Waals surface area contributed by atoms with Crippen molar-refractivity contribution in [1.29, 1.82) is 0 Å². The maximum atomic E-state index is 11.7. The Morgan fingerprint density at radius 3 is 2.83 bits per heavy atom. The first-order chi connectivity index (χ1) is 11.2. The molecule has 6 heteroatoms. The number of esters is 1. The predicted molar refractivity (Wildman–Crippen MR) is 87.6 cm³/mol. The molecule has 0 saturated carbocycles. The van der Waals surface area contributed by atoms with Crippen LogP contribution in [0.5, 0.6) is 0 Å². The lowest BCUT2D eigenvalue weighted by Gasteiger charge is -1.96. The van der Waals surface area contributed by atoms with Gasteiger partial charge in [-0.25, -0.2) is 4.79 Å². The van der Waals surface area contributed by atoms with Crippen LogP contribution in [0.2, 0.25) is 0 Å². The number of carbonyl (C=O) groups is 1. The summed E-state index contributed by atoms with van der Waals surface area (Å²) in [5, 5.41) is 3.63. The van der Waals surface area contributed by atoms with Gasteiger partial charge in [-0.3, -0.25) is 0 Å². The molecule has 0 aliphatic rings. The molecule has 1 aromatic carbocycles. The van der Waals surface area contributed by atoms with Crippen LogP contribution in [0.3, 0.4) is 0 Å². The second-order valence-electron chi connectivity index (χ2n) is 4.74. The monoisotopic (exact) mass is 326 g/mol. The molecule has 0 N–H and O–H groups in total. The minimum absolute atomic E-state index is 0.0241. The number of carbonyl (C=O) groups excluding carboxylic acids is 1. The third-order valence-electron chi connectivity index (χ3n) is 2.98. The lowest BCUT2D eigenvalue weighted by Crippen LogP contribution is -2.00. The zero-order valence-corrected chi connectivity index (χ0v) is 13.2. The summed E-state index contributed by atoms with van der Waals surface area (Å²) in [6.45, 7) is 1.68. The Bertz CT molecular complexity index is 821. The van der Waals surface area contributed by atoms with E-state index in [9.17, 15) is 4.79 Å². The molecule has 23 heavy (non-hydrogen) atoms. The fourth-order valence-corrected chi connectivity index (χ4v) is 2.85. The van der Waals surface area contributed by atoms with Crippen molar-refractivity contribution >= 4 is 23.4 Å². The highest BCUT2D eigenvalue weighted by molar-refractivity contribution is 7.16. The molecule has 0 unspecified atom stereocenters. The minimum atomic E-state index is -0.449. The molecule has 0 atom stereocenters. The molecule has 2 aromatic heterocycles. The summed E-state index contributed by atoms with van der Waals surface area (Å²) in [7, 11) is 0. The number of ether oxygens (including phenoxy) is 1. The van der Waals surface area contributed by atoms with Crippen LogP contribution in [0, 0.1) is 6.92 Å². The van der Waals surface area contributed by atoms with Crippen molar-refractivity contribution in [3.63, 3.8) is 0 Å². The summed E-state index contributed by atoms with van der Waals surface area (Å²) in [5.74, 6) is 0.348. The topological polar surface area (TPSA) is 65.2 Å². The minimum Gasteiger partial charge on any atom is -0.452 e. The SMILES string of the molecule is Cc1noc(COC(=O)/C=C/c2ccc(-c3ccccc3)s2)n1. The van der Waals surface area contributed by atoms with Crippen LogP contribution in [0.15, 0.2) is 53.1 Å². The predicted octanol–water partition coefficient (Wildman–Crippen LogP) is 3.86. The van der Waals surface area contributed by atoms with Crippen molar-refractivity contribution in [1.82, 2.24) is 10.1 Å². The van der Waals surface area contributed by atoms with E-state index in [4.69, 9.17) is 9.26 Å². The van der Waals surface area contributed by atoms with Crippen LogP contribution < -0.4 is 0 Å². The zero-order chi connectivity index (χ0) is 16.1. The van der Waals surface area contributed by atoms with Gasteiger partial charge < -0.3 is 9.26 Å². The summed E-state index contributed by atoms with van der Waals surface area (Å²) in [4.78, 5) is 17.8. The lowest BCUT2D eigenvalue weighted by molar-refractivity contribution is -0.139. The molecule has 0 bridgehead atoms. The number of benzene rings is 1. The van der Waals surface area contributed by atoms with Gasteiger partial charge in [-0.15, -0.1) is 11.3 Å². The van der Waals surface area contributed by atoms with Gasteiger partial charge in [0.05, 0.1) is 0 Å². The smallest absolute Gasteiger partial charge is 0.331 e. The number of aromatic nitrogens is 2. The molecule has 0 aliphatic heterocycles. The lowest BCUT2D eigenvalue weighted by atomic mass is 10.2. The fraction of sp³-hybridized carbons (Fsp3) is 0.118. The van der Waals surface area contributed by atoms with Crippen molar-refractivity contribution in [3.8, 4) is 10.4 Å². The second-order valence-corrected chi connectivity index (χ2v) is 5.86. The van der Waals surface area contributed by atoms with E-state index in [1.165, 1.54) is 6.08 Å². The van der Waals surface area contributed by atoms with Gasteiger partial charge in [0.1, 0.15) is 0 Å². The van der Waals surface area contributed by atoms with Gasteiger partial charge in [-0.1, -0.05) is 35.5 Å². The summed E-state index contributed by atoms with van der Waals surface area (Å²) in [6.07, 6.45) is 3.13. The highest BCUT2D eigenvalue weighted by atomic mass is 32.1. The first-order valence-corrected chi connectivity index (χ1v) is 7.81. The van der Waals surface area contributed by atoms with E-state index in [0.717, 1.165) is 15.3 Å². The maximum Gasteiger partial charge on any atom is 0.331 e. The fourth-order valence-electron chi connectivity index (χ4n) is 1.93. The van der Waals surface area contributed by atoms with E-state index in [1.54, 1.807) is 24.3 Å². The summed E-state index contributed by atoms with van der Waals surface area (Å²) in [5.41, 5.74) is 1.16. The van der Waals surface area contributed by atoms with Gasteiger partial charge in [-0.2, -0.15) is 4.98 Å². The average Bonchev–Trinajstić information content (AvgIpc) is 3.21. The van der Waals surface area contributed by atoms with Gasteiger partial charge in [-0.05, 0) is 30.7 Å². The first kappa shape index (κ1) is 15.2. The molecule has 3 rings (SSSR count).